The van der Waals surface area contributed by atoms with Gasteiger partial charge in [-0.15, -0.1) is 0 Å². The Balaban J connectivity index is 4.63. The summed E-state index contributed by atoms with van der Waals surface area (Å²) in [5, 5.41) is 14.5. The van der Waals surface area contributed by atoms with Gasteiger partial charge in [-0.25, -0.2) is 0 Å². The van der Waals surface area contributed by atoms with Crippen molar-refractivity contribution in [2.45, 2.75) is 33.2 Å². The van der Waals surface area contributed by atoms with Gasteiger partial charge in [0.05, 0.1) is 0 Å². The molecule has 0 aliphatic rings. The van der Waals surface area contributed by atoms with E-state index in [0.29, 0.717) is 0 Å². The molecule has 0 heterocycles. The van der Waals surface area contributed by atoms with Crippen molar-refractivity contribution in [1.82, 2.24) is 5.32 Å². The Morgan fingerprint density at radius 1 is 1.53 bits per heavy atom. The third-order valence-electron chi connectivity index (χ3n) is 2.59. The molecule has 2 atom stereocenters. The fraction of sp³-hybridized carbons (Fsp3) is 0.818. The third-order valence-corrected chi connectivity index (χ3v) is 3.33. The first kappa shape index (κ1) is 16.1. The number of thioether (sulfide) groups is 1. The van der Waals surface area contributed by atoms with E-state index in [2.05, 4.69) is 10.5 Å². The van der Waals surface area contributed by atoms with Crippen LogP contribution in [0.5, 0.6) is 0 Å². The molecule has 100 valence electrons. The highest BCUT2D eigenvalue weighted by Crippen LogP contribution is 2.12. The van der Waals surface area contributed by atoms with E-state index >= 15 is 0 Å². The van der Waals surface area contributed by atoms with E-state index in [9.17, 15) is 4.79 Å². The van der Waals surface area contributed by atoms with Crippen molar-refractivity contribution in [2.24, 2.45) is 22.7 Å². The molecule has 0 rings (SSSR count). The minimum Gasteiger partial charge on any atom is -0.409 e. The molecule has 0 aliphatic heterocycles. The number of rotatable bonds is 7. The first-order chi connectivity index (χ1) is 7.97. The van der Waals surface area contributed by atoms with Gasteiger partial charge in [0, 0.05) is 11.8 Å². The van der Waals surface area contributed by atoms with Crippen LogP contribution < -0.4 is 11.1 Å². The first-order valence-electron chi connectivity index (χ1n) is 5.74. The number of hydrogen-bond donors (Lipinski definition) is 3. The van der Waals surface area contributed by atoms with Gasteiger partial charge in [-0.05, 0) is 18.6 Å². The quantitative estimate of drug-likeness (QED) is 0.279. The van der Waals surface area contributed by atoms with Gasteiger partial charge in [0.1, 0.15) is 5.92 Å². The molecule has 0 saturated heterocycles. The highest BCUT2D eigenvalue weighted by Gasteiger charge is 2.27. The molecule has 2 unspecified atom stereocenters. The predicted molar refractivity (Wildman–Crippen MR) is 72.3 cm³/mol. The van der Waals surface area contributed by atoms with E-state index < -0.39 is 5.92 Å². The van der Waals surface area contributed by atoms with Gasteiger partial charge < -0.3 is 16.3 Å². The zero-order chi connectivity index (χ0) is 13.4. The van der Waals surface area contributed by atoms with Crippen LogP contribution in [0.3, 0.4) is 0 Å². The number of nitrogens with two attached hydrogens (primary N) is 1. The van der Waals surface area contributed by atoms with Crippen molar-refractivity contribution in [1.29, 1.82) is 0 Å². The largest absolute Gasteiger partial charge is 0.409 e. The topological polar surface area (TPSA) is 87.7 Å². The molecular weight excluding hydrogens is 238 g/mol. The summed E-state index contributed by atoms with van der Waals surface area (Å²) < 4.78 is 0. The molecule has 0 aromatic carbocycles. The molecule has 0 aromatic rings. The minimum atomic E-state index is -0.573. The van der Waals surface area contributed by atoms with E-state index in [1.165, 1.54) is 0 Å². The lowest BCUT2D eigenvalue weighted by Gasteiger charge is -2.22. The normalized spacial score (nSPS) is 15.7. The maximum Gasteiger partial charge on any atom is 0.231 e. The second kappa shape index (κ2) is 8.22. The molecule has 1 amide bonds. The standard InChI is InChI=1S/C11H23N3O2S/c1-5-8(6-17-4)13-11(15)9(7(2)3)10(12)14-16/h7-9,16H,5-6H2,1-4H3,(H2,12,14)(H,13,15). The van der Waals surface area contributed by atoms with E-state index in [0.717, 1.165) is 12.2 Å². The van der Waals surface area contributed by atoms with Gasteiger partial charge >= 0.3 is 0 Å². The molecule has 0 bridgehead atoms. The van der Waals surface area contributed by atoms with Crippen molar-refractivity contribution in [3.8, 4) is 0 Å². The van der Waals surface area contributed by atoms with E-state index in [1.54, 1.807) is 11.8 Å². The monoisotopic (exact) mass is 261 g/mol. The maximum atomic E-state index is 12.0. The van der Waals surface area contributed by atoms with Gasteiger partial charge in [-0.1, -0.05) is 25.9 Å². The second-order valence-electron chi connectivity index (χ2n) is 4.32. The van der Waals surface area contributed by atoms with Crippen molar-refractivity contribution < 1.29 is 10.0 Å². The number of nitrogens with one attached hydrogen (secondary N) is 1. The molecule has 0 radical (unpaired) electrons. The van der Waals surface area contributed by atoms with Crippen LogP contribution in [-0.4, -0.2) is 35.0 Å². The van der Waals surface area contributed by atoms with Crippen LogP contribution in [0.25, 0.3) is 0 Å². The summed E-state index contributed by atoms with van der Waals surface area (Å²) in [7, 11) is 0. The van der Waals surface area contributed by atoms with Gasteiger partial charge in [-0.2, -0.15) is 11.8 Å². The smallest absolute Gasteiger partial charge is 0.231 e. The highest BCUT2D eigenvalue weighted by molar-refractivity contribution is 7.98. The van der Waals surface area contributed by atoms with Gasteiger partial charge in [-0.3, -0.25) is 4.79 Å². The van der Waals surface area contributed by atoms with Crippen molar-refractivity contribution in [3.05, 3.63) is 0 Å². The Labute approximate surface area is 107 Å². The van der Waals surface area contributed by atoms with Crippen molar-refractivity contribution in [3.63, 3.8) is 0 Å². The van der Waals surface area contributed by atoms with E-state index in [-0.39, 0.29) is 23.7 Å². The van der Waals surface area contributed by atoms with Crippen LogP contribution in [-0.2, 0) is 4.79 Å². The number of amides is 1. The second-order valence-corrected chi connectivity index (χ2v) is 5.23. The SMILES string of the molecule is CCC(CSC)NC(=O)C(C(N)=NO)C(C)C. The molecular formula is C11H23N3O2S. The number of nitrogens with zero attached hydrogens (tertiary/aromatic N) is 1. The summed E-state index contributed by atoms with van der Waals surface area (Å²) in [5.74, 6) is 0.0877. The summed E-state index contributed by atoms with van der Waals surface area (Å²) in [6, 6.07) is 0.130. The molecule has 6 heteroatoms. The lowest BCUT2D eigenvalue weighted by Crippen LogP contribution is -2.46. The number of hydrogen-bond acceptors (Lipinski definition) is 4. The highest BCUT2D eigenvalue weighted by atomic mass is 32.2. The van der Waals surface area contributed by atoms with Crippen molar-refractivity contribution in [2.75, 3.05) is 12.0 Å². The molecule has 0 fully saturated rings. The fourth-order valence-corrected chi connectivity index (χ4v) is 2.32. The average molecular weight is 261 g/mol. The van der Waals surface area contributed by atoms with E-state index in [1.807, 2.05) is 27.0 Å². The van der Waals surface area contributed by atoms with Crippen LogP contribution in [0.4, 0.5) is 0 Å². The summed E-state index contributed by atoms with van der Waals surface area (Å²) >= 11 is 1.68. The molecule has 5 nitrogen and oxygen atoms in total. The molecule has 0 saturated carbocycles. The summed E-state index contributed by atoms with van der Waals surface area (Å²) in [5.41, 5.74) is 5.54. The van der Waals surface area contributed by atoms with Crippen LogP contribution in [0.2, 0.25) is 0 Å². The Bertz CT molecular complexity index is 269. The number of carbonyl (C=O) groups is 1. The lowest BCUT2D eigenvalue weighted by atomic mass is 9.93. The van der Waals surface area contributed by atoms with Gasteiger partial charge in [0.2, 0.25) is 5.91 Å². The Kier molecular flexibility index (Phi) is 7.78. The fourth-order valence-electron chi connectivity index (χ4n) is 1.59. The molecule has 17 heavy (non-hydrogen) atoms. The molecule has 4 N–H and O–H groups in total. The molecule has 0 aliphatic carbocycles. The Morgan fingerprint density at radius 3 is 2.47 bits per heavy atom. The van der Waals surface area contributed by atoms with Crippen LogP contribution in [0.15, 0.2) is 5.16 Å². The summed E-state index contributed by atoms with van der Waals surface area (Å²) in [4.78, 5) is 12.0. The number of carbonyl (C=O) groups excluding carboxylic acids is 1. The Hall–Kier alpha value is -0.910. The van der Waals surface area contributed by atoms with Crippen molar-refractivity contribution >= 4 is 23.5 Å². The number of amidine groups is 1. The summed E-state index contributed by atoms with van der Waals surface area (Å²) in [6.45, 7) is 5.77. The minimum absolute atomic E-state index is 0.00214. The first-order valence-corrected chi connectivity index (χ1v) is 7.13. The van der Waals surface area contributed by atoms with Gasteiger partial charge in [0.25, 0.3) is 0 Å². The van der Waals surface area contributed by atoms with Gasteiger partial charge in [0.15, 0.2) is 5.84 Å². The third kappa shape index (κ3) is 5.30. The average Bonchev–Trinajstić information content (AvgIpc) is 2.27. The lowest BCUT2D eigenvalue weighted by molar-refractivity contribution is -0.124. The van der Waals surface area contributed by atoms with Crippen LogP contribution in [0, 0.1) is 11.8 Å². The Morgan fingerprint density at radius 2 is 2.12 bits per heavy atom. The summed E-state index contributed by atoms with van der Waals surface area (Å²) in [6.07, 6.45) is 2.87. The number of oxime groups is 1. The zero-order valence-electron chi connectivity index (χ0n) is 10.9. The van der Waals surface area contributed by atoms with Crippen LogP contribution in [0.1, 0.15) is 27.2 Å². The maximum absolute atomic E-state index is 12.0. The van der Waals surface area contributed by atoms with Crippen LogP contribution >= 0.6 is 11.8 Å². The zero-order valence-corrected chi connectivity index (χ0v) is 11.8. The molecule has 0 aromatic heterocycles. The predicted octanol–water partition coefficient (Wildman–Crippen LogP) is 1.26. The van der Waals surface area contributed by atoms with E-state index in [4.69, 9.17) is 10.9 Å². The molecule has 0 spiro atoms.